The number of carbonyl (C=O) groups excluding carboxylic acids is 1. The number of rotatable bonds is 4. The molecule has 150 valence electrons. The number of nitrogens with zero attached hydrogens (tertiary/aromatic N) is 2. The van der Waals surface area contributed by atoms with Gasteiger partial charge >= 0.3 is 6.18 Å². The Morgan fingerprint density at radius 2 is 1.83 bits per heavy atom. The fourth-order valence-corrected chi connectivity index (χ4v) is 3.00. The van der Waals surface area contributed by atoms with Crippen LogP contribution in [-0.2, 0) is 6.18 Å². The summed E-state index contributed by atoms with van der Waals surface area (Å²) in [5, 5.41) is 2.73. The predicted octanol–water partition coefficient (Wildman–Crippen LogP) is 5.57. The van der Waals surface area contributed by atoms with Crippen molar-refractivity contribution in [2.24, 2.45) is 0 Å². The van der Waals surface area contributed by atoms with Gasteiger partial charge < -0.3 is 5.32 Å². The molecule has 1 N–H and O–H groups in total. The van der Waals surface area contributed by atoms with Crippen molar-refractivity contribution in [3.63, 3.8) is 0 Å². The van der Waals surface area contributed by atoms with Crippen LogP contribution in [-0.4, -0.2) is 15.9 Å². The van der Waals surface area contributed by atoms with E-state index in [-0.39, 0.29) is 22.0 Å². The summed E-state index contributed by atoms with van der Waals surface area (Å²) in [6, 6.07) is 6.85. The van der Waals surface area contributed by atoms with Gasteiger partial charge in [0.25, 0.3) is 5.91 Å². The molecular formula is C19H11BrClF4N3O. The van der Waals surface area contributed by atoms with Crippen LogP contribution in [0.4, 0.5) is 17.6 Å². The molecule has 29 heavy (non-hydrogen) atoms. The van der Waals surface area contributed by atoms with Crippen LogP contribution in [0.15, 0.2) is 59.3 Å². The van der Waals surface area contributed by atoms with Crippen LogP contribution in [0.1, 0.15) is 33.2 Å². The van der Waals surface area contributed by atoms with Crippen molar-refractivity contribution in [1.29, 1.82) is 0 Å². The molecular weight excluding hydrogens is 478 g/mol. The van der Waals surface area contributed by atoms with Crippen LogP contribution in [0.5, 0.6) is 0 Å². The zero-order valence-corrected chi connectivity index (χ0v) is 16.7. The van der Waals surface area contributed by atoms with Crippen LogP contribution >= 0.6 is 27.5 Å². The first-order valence-electron chi connectivity index (χ1n) is 8.06. The third kappa shape index (κ3) is 4.91. The Labute approximate surface area is 176 Å². The van der Waals surface area contributed by atoms with E-state index in [1.54, 1.807) is 0 Å². The Morgan fingerprint density at radius 1 is 1.14 bits per heavy atom. The number of nitrogens with one attached hydrogen (secondary N) is 1. The molecule has 0 radical (unpaired) electrons. The Morgan fingerprint density at radius 3 is 2.41 bits per heavy atom. The minimum Gasteiger partial charge on any atom is -0.339 e. The number of hydrogen-bond acceptors (Lipinski definition) is 3. The first-order valence-corrected chi connectivity index (χ1v) is 9.23. The van der Waals surface area contributed by atoms with Gasteiger partial charge in [-0.25, -0.2) is 9.37 Å². The highest BCUT2D eigenvalue weighted by Gasteiger charge is 2.31. The quantitative estimate of drug-likeness (QED) is 0.386. The number of halogens is 6. The molecule has 0 spiro atoms. The third-order valence-electron chi connectivity index (χ3n) is 3.97. The molecule has 0 fully saturated rings. The van der Waals surface area contributed by atoms with Crippen LogP contribution in [0.3, 0.4) is 0 Å². The van der Waals surface area contributed by atoms with Gasteiger partial charge in [-0.1, -0.05) is 23.7 Å². The Bertz CT molecular complexity index is 1040. The molecule has 0 aliphatic rings. The van der Waals surface area contributed by atoms with E-state index in [1.807, 2.05) is 0 Å². The highest BCUT2D eigenvalue weighted by Crippen LogP contribution is 2.31. The molecule has 10 heteroatoms. The second-order valence-corrected chi connectivity index (χ2v) is 7.11. The van der Waals surface area contributed by atoms with Crippen molar-refractivity contribution in [3.8, 4) is 0 Å². The van der Waals surface area contributed by atoms with Gasteiger partial charge in [0.15, 0.2) is 0 Å². The second-order valence-electron chi connectivity index (χ2n) is 5.89. The van der Waals surface area contributed by atoms with Crippen molar-refractivity contribution in [1.82, 2.24) is 15.3 Å². The first kappa shape index (κ1) is 21.2. The molecule has 0 aliphatic carbocycles. The Balaban J connectivity index is 1.99. The van der Waals surface area contributed by atoms with Crippen LogP contribution in [0.25, 0.3) is 0 Å². The summed E-state index contributed by atoms with van der Waals surface area (Å²) >= 11 is 8.97. The topological polar surface area (TPSA) is 54.9 Å². The lowest BCUT2D eigenvalue weighted by Gasteiger charge is -2.20. The summed E-state index contributed by atoms with van der Waals surface area (Å²) in [6.07, 6.45) is -1.97. The molecule has 0 saturated carbocycles. The van der Waals surface area contributed by atoms with E-state index in [0.717, 1.165) is 30.3 Å². The average Bonchev–Trinajstić information content (AvgIpc) is 2.68. The number of hydrogen-bond donors (Lipinski definition) is 1. The van der Waals surface area contributed by atoms with Crippen molar-refractivity contribution in [3.05, 3.63) is 92.7 Å². The largest absolute Gasteiger partial charge is 0.416 e. The van der Waals surface area contributed by atoms with Gasteiger partial charge in [0.1, 0.15) is 16.7 Å². The number of amides is 1. The lowest BCUT2D eigenvalue weighted by atomic mass is 10.0. The maximum atomic E-state index is 14.3. The molecule has 0 bridgehead atoms. The fourth-order valence-electron chi connectivity index (χ4n) is 2.54. The van der Waals surface area contributed by atoms with E-state index in [4.69, 9.17) is 11.6 Å². The smallest absolute Gasteiger partial charge is 0.339 e. The maximum Gasteiger partial charge on any atom is 0.416 e. The normalized spacial score (nSPS) is 12.5. The van der Waals surface area contributed by atoms with Crippen molar-refractivity contribution in [2.75, 3.05) is 0 Å². The molecule has 3 aromatic rings. The number of pyridine rings is 2. The van der Waals surface area contributed by atoms with E-state index < -0.39 is 29.5 Å². The van der Waals surface area contributed by atoms with Crippen LogP contribution < -0.4 is 5.32 Å². The zero-order valence-electron chi connectivity index (χ0n) is 14.3. The predicted molar refractivity (Wildman–Crippen MR) is 102 cm³/mol. The molecule has 2 aromatic heterocycles. The molecule has 0 saturated heterocycles. The Hall–Kier alpha value is -2.52. The molecule has 3 rings (SSSR count). The lowest BCUT2D eigenvalue weighted by molar-refractivity contribution is -0.137. The van der Waals surface area contributed by atoms with Gasteiger partial charge in [0, 0.05) is 12.4 Å². The average molecular weight is 489 g/mol. The summed E-state index contributed by atoms with van der Waals surface area (Å²) in [7, 11) is 0. The van der Waals surface area contributed by atoms with E-state index in [0.29, 0.717) is 4.47 Å². The monoisotopic (exact) mass is 487 g/mol. The zero-order chi connectivity index (χ0) is 21.2. The lowest BCUT2D eigenvalue weighted by Crippen LogP contribution is -2.30. The van der Waals surface area contributed by atoms with Crippen molar-refractivity contribution in [2.45, 2.75) is 12.2 Å². The van der Waals surface area contributed by atoms with Crippen LogP contribution in [0.2, 0.25) is 5.15 Å². The molecule has 2 heterocycles. The van der Waals surface area contributed by atoms with E-state index in [9.17, 15) is 22.4 Å². The Kier molecular flexibility index (Phi) is 6.18. The molecule has 0 aliphatic heterocycles. The van der Waals surface area contributed by atoms with Gasteiger partial charge in [0.05, 0.1) is 21.6 Å². The fraction of sp³-hybridized carbons (Fsp3) is 0.105. The summed E-state index contributed by atoms with van der Waals surface area (Å²) < 4.78 is 53.2. The van der Waals surface area contributed by atoms with Gasteiger partial charge in [-0.3, -0.25) is 9.78 Å². The highest BCUT2D eigenvalue weighted by molar-refractivity contribution is 9.10. The molecule has 1 amide bonds. The number of benzene rings is 1. The van der Waals surface area contributed by atoms with E-state index in [1.165, 1.54) is 24.5 Å². The van der Waals surface area contributed by atoms with Gasteiger partial charge in [-0.2, -0.15) is 13.2 Å². The van der Waals surface area contributed by atoms with Crippen LogP contribution in [0, 0.1) is 5.82 Å². The van der Waals surface area contributed by atoms with Gasteiger partial charge in [-0.05, 0) is 51.8 Å². The highest BCUT2D eigenvalue weighted by atomic mass is 79.9. The summed E-state index contributed by atoms with van der Waals surface area (Å²) in [5.74, 6) is -1.35. The molecule has 1 atom stereocenters. The molecule has 0 unspecified atom stereocenters. The summed E-state index contributed by atoms with van der Waals surface area (Å²) in [4.78, 5) is 20.5. The summed E-state index contributed by atoms with van der Waals surface area (Å²) in [5.41, 5.74) is -0.653. The second kappa shape index (κ2) is 8.46. The third-order valence-corrected chi connectivity index (χ3v) is 5.10. The minimum atomic E-state index is -4.52. The number of carbonyl (C=O) groups is 1. The summed E-state index contributed by atoms with van der Waals surface area (Å²) in [6.45, 7) is 0. The standard InChI is InChI=1S/C19H11BrClF4N3O/c20-13-8-11(9-27-17(13)21)18(29)28-15(16-14(22)2-1-7-26-16)10-3-5-12(6-4-10)19(23,24)25/h1-9,15H,(H,28,29)/t15-/m0/s1. The SMILES string of the molecule is O=C(N[C@@H](c1ccc(C(F)(F)F)cc1)c1ncccc1F)c1cnc(Cl)c(Br)c1. The molecule has 4 nitrogen and oxygen atoms in total. The number of alkyl halides is 3. The molecule has 1 aromatic carbocycles. The number of aromatic nitrogens is 2. The van der Waals surface area contributed by atoms with Gasteiger partial charge in [0.2, 0.25) is 0 Å². The van der Waals surface area contributed by atoms with E-state index in [2.05, 4.69) is 31.2 Å². The van der Waals surface area contributed by atoms with Gasteiger partial charge in [-0.15, -0.1) is 0 Å². The first-order chi connectivity index (χ1) is 13.7. The van der Waals surface area contributed by atoms with Crippen molar-refractivity contribution < 1.29 is 22.4 Å². The minimum absolute atomic E-state index is 0.120. The van der Waals surface area contributed by atoms with Crippen molar-refractivity contribution >= 4 is 33.4 Å². The maximum absolute atomic E-state index is 14.3. The van der Waals surface area contributed by atoms with E-state index >= 15 is 0 Å².